The van der Waals surface area contributed by atoms with Crippen molar-refractivity contribution in [2.45, 2.75) is 19.8 Å². The molecule has 20 heavy (non-hydrogen) atoms. The molecule has 0 bridgehead atoms. The van der Waals surface area contributed by atoms with Crippen molar-refractivity contribution < 1.29 is 24.2 Å². The summed E-state index contributed by atoms with van der Waals surface area (Å²) < 4.78 is 4.55. The van der Waals surface area contributed by atoms with Crippen molar-refractivity contribution >= 4 is 17.8 Å². The maximum atomic E-state index is 12.1. The van der Waals surface area contributed by atoms with Crippen molar-refractivity contribution in [2.24, 2.45) is 0 Å². The lowest BCUT2D eigenvalue weighted by atomic mass is 10.0. The van der Waals surface area contributed by atoms with Gasteiger partial charge in [0.15, 0.2) is 0 Å². The number of methoxy groups -OCH3 is 1. The van der Waals surface area contributed by atoms with E-state index in [1.54, 1.807) is 21.0 Å². The minimum atomic E-state index is -1.14. The van der Waals surface area contributed by atoms with E-state index in [-0.39, 0.29) is 30.1 Å². The summed E-state index contributed by atoms with van der Waals surface area (Å²) in [5.41, 5.74) is 1.17. The summed E-state index contributed by atoms with van der Waals surface area (Å²) >= 11 is 0. The maximum Gasteiger partial charge on any atom is 0.352 e. The lowest BCUT2D eigenvalue weighted by Crippen LogP contribution is -2.23. The number of carbonyl (C=O) groups excluding carboxylic acids is 2. The number of esters is 1. The fourth-order valence-corrected chi connectivity index (χ4v) is 1.89. The number of nitrogens with zero attached hydrogens (tertiary/aromatic N) is 1. The molecule has 0 aliphatic rings. The molecule has 0 saturated heterocycles. The number of carbonyl (C=O) groups is 3. The van der Waals surface area contributed by atoms with Crippen LogP contribution in [0, 0.1) is 6.92 Å². The highest BCUT2D eigenvalue weighted by Gasteiger charge is 2.24. The summed E-state index contributed by atoms with van der Waals surface area (Å²) in [4.78, 5) is 38.4. The molecular weight excluding hydrogens is 264 g/mol. The first-order chi connectivity index (χ1) is 9.29. The van der Waals surface area contributed by atoms with Crippen molar-refractivity contribution in [1.82, 2.24) is 9.88 Å². The molecule has 0 atom stereocenters. The molecule has 7 nitrogen and oxygen atoms in total. The molecule has 1 heterocycles. The number of nitrogens with one attached hydrogen (secondary N) is 1. The predicted octanol–water partition coefficient (Wildman–Crippen LogP) is 0.829. The van der Waals surface area contributed by atoms with Crippen LogP contribution in [0.4, 0.5) is 0 Å². The van der Waals surface area contributed by atoms with Gasteiger partial charge in [-0.25, -0.2) is 4.79 Å². The molecule has 0 fully saturated rings. The SMILES string of the molecule is COC(=O)CCc1c(C(=O)N(C)C)[nH]c(C(=O)O)c1C. The number of hydrogen-bond donors (Lipinski definition) is 2. The van der Waals surface area contributed by atoms with Gasteiger partial charge in [-0.2, -0.15) is 0 Å². The number of carboxylic acid groups (broad SMARTS) is 1. The van der Waals surface area contributed by atoms with Crippen molar-refractivity contribution in [3.63, 3.8) is 0 Å². The van der Waals surface area contributed by atoms with Crippen molar-refractivity contribution in [3.05, 3.63) is 22.5 Å². The Balaban J connectivity index is 3.20. The molecule has 2 N–H and O–H groups in total. The number of carboxylic acids is 1. The summed E-state index contributed by atoms with van der Waals surface area (Å²) in [6.45, 7) is 1.61. The smallest absolute Gasteiger partial charge is 0.352 e. The molecule has 0 aliphatic carbocycles. The van der Waals surface area contributed by atoms with Crippen LogP contribution >= 0.6 is 0 Å². The highest BCUT2D eigenvalue weighted by Crippen LogP contribution is 2.21. The van der Waals surface area contributed by atoms with Crippen LogP contribution in [0.3, 0.4) is 0 Å². The van der Waals surface area contributed by atoms with E-state index in [1.165, 1.54) is 12.0 Å². The minimum absolute atomic E-state index is 0.0323. The van der Waals surface area contributed by atoms with Crippen LogP contribution in [-0.4, -0.2) is 54.0 Å². The number of amides is 1. The van der Waals surface area contributed by atoms with Gasteiger partial charge in [-0.15, -0.1) is 0 Å². The second kappa shape index (κ2) is 6.23. The van der Waals surface area contributed by atoms with E-state index in [0.717, 1.165) is 0 Å². The van der Waals surface area contributed by atoms with E-state index < -0.39 is 11.9 Å². The topological polar surface area (TPSA) is 99.7 Å². The number of aromatic nitrogens is 1. The number of aromatic carboxylic acids is 1. The van der Waals surface area contributed by atoms with Gasteiger partial charge in [0.1, 0.15) is 11.4 Å². The third kappa shape index (κ3) is 3.17. The number of aromatic amines is 1. The van der Waals surface area contributed by atoms with Crippen LogP contribution in [0.1, 0.15) is 38.5 Å². The van der Waals surface area contributed by atoms with Crippen LogP contribution in [0.25, 0.3) is 0 Å². The summed E-state index contributed by atoms with van der Waals surface area (Å²) in [5.74, 6) is -1.88. The van der Waals surface area contributed by atoms with Gasteiger partial charge < -0.3 is 19.7 Å². The van der Waals surface area contributed by atoms with Gasteiger partial charge in [-0.05, 0) is 24.5 Å². The fraction of sp³-hybridized carbons (Fsp3) is 0.462. The zero-order valence-corrected chi connectivity index (χ0v) is 11.9. The molecule has 0 spiro atoms. The average Bonchev–Trinajstić information content (AvgIpc) is 2.72. The maximum absolute atomic E-state index is 12.1. The highest BCUT2D eigenvalue weighted by molar-refractivity contribution is 5.97. The van der Waals surface area contributed by atoms with E-state index >= 15 is 0 Å². The molecule has 1 aromatic rings. The third-order valence-corrected chi connectivity index (χ3v) is 3.02. The first kappa shape index (κ1) is 15.7. The molecule has 0 aliphatic heterocycles. The van der Waals surface area contributed by atoms with E-state index in [9.17, 15) is 14.4 Å². The lowest BCUT2D eigenvalue weighted by Gasteiger charge is -2.11. The average molecular weight is 282 g/mol. The van der Waals surface area contributed by atoms with Gasteiger partial charge in [0.05, 0.1) is 7.11 Å². The zero-order chi connectivity index (χ0) is 15.4. The van der Waals surface area contributed by atoms with Crippen molar-refractivity contribution in [1.29, 1.82) is 0 Å². The Morgan fingerprint density at radius 1 is 1.25 bits per heavy atom. The Morgan fingerprint density at radius 2 is 1.85 bits per heavy atom. The molecule has 0 aromatic carbocycles. The second-order valence-electron chi connectivity index (χ2n) is 4.56. The number of hydrogen-bond acceptors (Lipinski definition) is 4. The summed E-state index contributed by atoms with van der Waals surface area (Å²) in [5, 5.41) is 9.10. The van der Waals surface area contributed by atoms with Crippen LogP contribution in [-0.2, 0) is 16.0 Å². The summed E-state index contributed by atoms with van der Waals surface area (Å²) in [7, 11) is 4.42. The standard InChI is InChI=1S/C13H18N2O5/c1-7-8(5-6-9(16)20-4)11(12(17)15(2)3)14-10(7)13(18)19/h14H,5-6H2,1-4H3,(H,18,19). The minimum Gasteiger partial charge on any atom is -0.477 e. The van der Waals surface area contributed by atoms with Gasteiger partial charge in [-0.1, -0.05) is 0 Å². The molecule has 0 radical (unpaired) electrons. The first-order valence-corrected chi connectivity index (χ1v) is 6.02. The van der Waals surface area contributed by atoms with E-state index in [4.69, 9.17) is 5.11 Å². The molecule has 0 unspecified atom stereocenters. The second-order valence-corrected chi connectivity index (χ2v) is 4.56. The molecular formula is C13H18N2O5. The van der Waals surface area contributed by atoms with E-state index in [2.05, 4.69) is 9.72 Å². The number of H-pyrrole nitrogens is 1. The van der Waals surface area contributed by atoms with E-state index in [0.29, 0.717) is 11.1 Å². The van der Waals surface area contributed by atoms with Gasteiger partial charge in [0, 0.05) is 20.5 Å². The first-order valence-electron chi connectivity index (χ1n) is 6.02. The third-order valence-electron chi connectivity index (χ3n) is 3.02. The lowest BCUT2D eigenvalue weighted by molar-refractivity contribution is -0.140. The molecule has 0 saturated carbocycles. The van der Waals surface area contributed by atoms with E-state index in [1.807, 2.05) is 0 Å². The van der Waals surface area contributed by atoms with Crippen molar-refractivity contribution in [2.75, 3.05) is 21.2 Å². The summed E-state index contributed by atoms with van der Waals surface area (Å²) in [6.07, 6.45) is 0.333. The monoisotopic (exact) mass is 282 g/mol. The van der Waals surface area contributed by atoms with Crippen LogP contribution < -0.4 is 0 Å². The molecule has 1 amide bonds. The van der Waals surface area contributed by atoms with Crippen molar-refractivity contribution in [3.8, 4) is 0 Å². The molecule has 1 rings (SSSR count). The van der Waals surface area contributed by atoms with Gasteiger partial charge >= 0.3 is 11.9 Å². The Labute approximate surface area is 116 Å². The summed E-state index contributed by atoms with van der Waals surface area (Å²) in [6, 6.07) is 0. The highest BCUT2D eigenvalue weighted by atomic mass is 16.5. The Bertz CT molecular complexity index is 545. The molecule has 110 valence electrons. The normalized spacial score (nSPS) is 10.2. The van der Waals surface area contributed by atoms with Gasteiger partial charge in [-0.3, -0.25) is 9.59 Å². The number of rotatable bonds is 5. The van der Waals surface area contributed by atoms with Gasteiger partial charge in [0.2, 0.25) is 0 Å². The fourth-order valence-electron chi connectivity index (χ4n) is 1.89. The molecule has 7 heteroatoms. The Kier molecular flexibility index (Phi) is 4.90. The van der Waals surface area contributed by atoms with Gasteiger partial charge in [0.25, 0.3) is 5.91 Å². The predicted molar refractivity (Wildman–Crippen MR) is 70.8 cm³/mol. The quantitative estimate of drug-likeness (QED) is 0.779. The Hall–Kier alpha value is -2.31. The zero-order valence-electron chi connectivity index (χ0n) is 11.9. The molecule has 1 aromatic heterocycles. The Morgan fingerprint density at radius 3 is 2.30 bits per heavy atom. The van der Waals surface area contributed by atoms with Crippen LogP contribution in [0.15, 0.2) is 0 Å². The van der Waals surface area contributed by atoms with Crippen LogP contribution in [0.2, 0.25) is 0 Å². The number of ether oxygens (including phenoxy) is 1. The largest absolute Gasteiger partial charge is 0.477 e. The van der Waals surface area contributed by atoms with Crippen LogP contribution in [0.5, 0.6) is 0 Å².